The van der Waals surface area contributed by atoms with Crippen LogP contribution in [0.1, 0.15) is 51.7 Å². The third-order valence-electron chi connectivity index (χ3n) is 3.63. The van der Waals surface area contributed by atoms with Crippen LogP contribution in [0, 0.1) is 0 Å². The molecule has 0 aliphatic heterocycles. The van der Waals surface area contributed by atoms with Crippen molar-refractivity contribution in [2.24, 2.45) is 0 Å². The zero-order valence-electron chi connectivity index (χ0n) is 11.8. The normalized spacial score (nSPS) is 15.3. The lowest BCUT2D eigenvalue weighted by Crippen LogP contribution is -2.27. The van der Waals surface area contributed by atoms with Crippen molar-refractivity contribution in [1.29, 1.82) is 0 Å². The molecule has 2 N–H and O–H groups in total. The monoisotopic (exact) mass is 303 g/mol. The van der Waals surface area contributed by atoms with Crippen molar-refractivity contribution in [2.75, 3.05) is 0 Å². The van der Waals surface area contributed by atoms with Gasteiger partial charge in [-0.15, -0.1) is 11.3 Å². The molecular weight excluding hydrogens is 286 g/mol. The third-order valence-corrected chi connectivity index (χ3v) is 4.97. The summed E-state index contributed by atoms with van der Waals surface area (Å²) >= 11 is 1.70. The summed E-state index contributed by atoms with van der Waals surface area (Å²) in [5, 5.41) is 3.89. The van der Waals surface area contributed by atoms with Gasteiger partial charge in [-0.3, -0.25) is 9.59 Å². The van der Waals surface area contributed by atoms with Gasteiger partial charge in [0.05, 0.1) is 17.3 Å². The number of H-pyrrole nitrogens is 1. The minimum atomic E-state index is -0.216. The van der Waals surface area contributed by atoms with E-state index in [1.165, 1.54) is 41.7 Å². The number of hydrogen-bond donors (Lipinski definition) is 2. The Labute approximate surface area is 126 Å². The van der Waals surface area contributed by atoms with Crippen LogP contribution in [0.4, 0.5) is 0 Å². The molecule has 1 amide bonds. The van der Waals surface area contributed by atoms with Gasteiger partial charge >= 0.3 is 0 Å². The SMILES string of the molecule is C[C@H](NC(=O)c1ccc(=O)[nH]c1)c1nc2c(s1)CCCC2. The minimum Gasteiger partial charge on any atom is -0.343 e. The number of nitrogens with one attached hydrogen (secondary N) is 2. The number of aryl methyl sites for hydroxylation is 2. The number of amides is 1. The van der Waals surface area contributed by atoms with Crippen LogP contribution in [0.3, 0.4) is 0 Å². The molecular formula is C15H17N3O2S. The Morgan fingerprint density at radius 2 is 2.19 bits per heavy atom. The number of aromatic nitrogens is 2. The lowest BCUT2D eigenvalue weighted by Gasteiger charge is -2.10. The van der Waals surface area contributed by atoms with Gasteiger partial charge < -0.3 is 10.3 Å². The van der Waals surface area contributed by atoms with Crippen LogP contribution in [0.15, 0.2) is 23.1 Å². The van der Waals surface area contributed by atoms with Crippen molar-refractivity contribution < 1.29 is 4.79 Å². The highest BCUT2D eigenvalue weighted by molar-refractivity contribution is 7.11. The molecule has 5 nitrogen and oxygen atoms in total. The van der Waals surface area contributed by atoms with E-state index in [4.69, 9.17) is 0 Å². The number of fused-ring (bicyclic) bond motifs is 1. The first kappa shape index (κ1) is 14.0. The maximum absolute atomic E-state index is 12.1. The molecule has 21 heavy (non-hydrogen) atoms. The Kier molecular flexibility index (Phi) is 3.88. The summed E-state index contributed by atoms with van der Waals surface area (Å²) in [6, 6.07) is 2.75. The van der Waals surface area contributed by atoms with E-state index in [1.54, 1.807) is 11.3 Å². The lowest BCUT2D eigenvalue weighted by molar-refractivity contribution is 0.0939. The van der Waals surface area contributed by atoms with Crippen molar-refractivity contribution in [1.82, 2.24) is 15.3 Å². The van der Waals surface area contributed by atoms with Crippen molar-refractivity contribution in [3.8, 4) is 0 Å². The van der Waals surface area contributed by atoms with Gasteiger partial charge in [-0.2, -0.15) is 0 Å². The maximum atomic E-state index is 12.1. The van der Waals surface area contributed by atoms with Crippen LogP contribution < -0.4 is 10.9 Å². The number of nitrogens with zero attached hydrogens (tertiary/aromatic N) is 1. The zero-order chi connectivity index (χ0) is 14.8. The van der Waals surface area contributed by atoms with E-state index in [0.29, 0.717) is 5.56 Å². The molecule has 2 heterocycles. The molecule has 2 aromatic rings. The predicted molar refractivity (Wildman–Crippen MR) is 81.7 cm³/mol. The number of rotatable bonds is 3. The third kappa shape index (κ3) is 3.05. The number of carbonyl (C=O) groups excluding carboxylic acids is 1. The minimum absolute atomic E-state index is 0.125. The number of carbonyl (C=O) groups is 1. The molecule has 0 saturated carbocycles. The van der Waals surface area contributed by atoms with Crippen molar-refractivity contribution >= 4 is 17.2 Å². The van der Waals surface area contributed by atoms with Gasteiger partial charge in [-0.1, -0.05) is 0 Å². The molecule has 0 bridgehead atoms. The molecule has 6 heteroatoms. The van der Waals surface area contributed by atoms with Gasteiger partial charge in [0.2, 0.25) is 5.56 Å². The first-order chi connectivity index (χ1) is 10.1. The maximum Gasteiger partial charge on any atom is 0.253 e. The number of aromatic amines is 1. The summed E-state index contributed by atoms with van der Waals surface area (Å²) in [7, 11) is 0. The zero-order valence-corrected chi connectivity index (χ0v) is 12.6. The predicted octanol–water partition coefficient (Wildman–Crippen LogP) is 2.20. The Balaban J connectivity index is 1.72. The van der Waals surface area contributed by atoms with E-state index in [0.717, 1.165) is 17.8 Å². The Bertz CT molecular complexity index is 676. The summed E-state index contributed by atoms with van der Waals surface area (Å²) in [5.74, 6) is -0.202. The smallest absolute Gasteiger partial charge is 0.253 e. The number of pyridine rings is 1. The van der Waals surface area contributed by atoms with Gasteiger partial charge in [0.1, 0.15) is 5.01 Å². The first-order valence-corrected chi connectivity index (χ1v) is 7.93. The Hall–Kier alpha value is -1.95. The van der Waals surface area contributed by atoms with Crippen LogP contribution in [-0.2, 0) is 12.8 Å². The van der Waals surface area contributed by atoms with E-state index in [-0.39, 0.29) is 17.5 Å². The van der Waals surface area contributed by atoms with Crippen LogP contribution in [0.5, 0.6) is 0 Å². The fourth-order valence-corrected chi connectivity index (χ4v) is 3.61. The second-order valence-electron chi connectivity index (χ2n) is 5.27. The molecule has 1 aliphatic carbocycles. The second-order valence-corrected chi connectivity index (χ2v) is 6.38. The summed E-state index contributed by atoms with van der Waals surface area (Å²) in [5.41, 5.74) is 1.43. The summed E-state index contributed by atoms with van der Waals surface area (Å²) in [6.07, 6.45) is 6.01. The molecule has 110 valence electrons. The van der Waals surface area contributed by atoms with Crippen LogP contribution in [0.25, 0.3) is 0 Å². The highest BCUT2D eigenvalue weighted by Crippen LogP contribution is 2.29. The van der Waals surface area contributed by atoms with Gasteiger partial charge in [0, 0.05) is 17.1 Å². The van der Waals surface area contributed by atoms with Crippen molar-refractivity contribution in [3.05, 3.63) is 49.8 Å². The van der Waals surface area contributed by atoms with Gasteiger partial charge in [0.15, 0.2) is 0 Å². The number of hydrogen-bond acceptors (Lipinski definition) is 4. The van der Waals surface area contributed by atoms with E-state index < -0.39 is 0 Å². The molecule has 2 aromatic heterocycles. The van der Waals surface area contributed by atoms with Crippen LogP contribution in [-0.4, -0.2) is 15.9 Å². The number of thiazole rings is 1. The van der Waals surface area contributed by atoms with E-state index in [9.17, 15) is 9.59 Å². The Morgan fingerprint density at radius 1 is 1.38 bits per heavy atom. The second kappa shape index (κ2) is 5.81. The molecule has 1 aliphatic rings. The van der Waals surface area contributed by atoms with Gasteiger partial charge in [-0.25, -0.2) is 4.98 Å². The largest absolute Gasteiger partial charge is 0.343 e. The van der Waals surface area contributed by atoms with E-state index in [2.05, 4.69) is 15.3 Å². The molecule has 0 aromatic carbocycles. The van der Waals surface area contributed by atoms with Crippen molar-refractivity contribution in [2.45, 2.75) is 38.6 Å². The molecule has 0 spiro atoms. The highest BCUT2D eigenvalue weighted by atomic mass is 32.1. The standard InChI is InChI=1S/C15H17N3O2S/c1-9(15-18-11-4-2-3-5-12(11)21-15)17-14(20)10-6-7-13(19)16-8-10/h6-9H,2-5H2,1H3,(H,16,19)(H,17,20)/t9-/m0/s1. The summed E-state index contributed by atoms with van der Waals surface area (Å²) in [4.78, 5) is 31.7. The van der Waals surface area contributed by atoms with E-state index in [1.807, 2.05) is 6.92 Å². The van der Waals surface area contributed by atoms with Crippen molar-refractivity contribution in [3.63, 3.8) is 0 Å². The lowest BCUT2D eigenvalue weighted by atomic mass is 10.0. The highest BCUT2D eigenvalue weighted by Gasteiger charge is 2.19. The molecule has 0 fully saturated rings. The molecule has 0 unspecified atom stereocenters. The fraction of sp³-hybridized carbons (Fsp3) is 0.400. The molecule has 1 atom stereocenters. The average molecular weight is 303 g/mol. The van der Waals surface area contributed by atoms with E-state index >= 15 is 0 Å². The van der Waals surface area contributed by atoms with Gasteiger partial charge in [-0.05, 0) is 38.7 Å². The molecule has 0 saturated heterocycles. The first-order valence-electron chi connectivity index (χ1n) is 7.11. The van der Waals surface area contributed by atoms with Crippen LogP contribution >= 0.6 is 11.3 Å². The van der Waals surface area contributed by atoms with Gasteiger partial charge in [0.25, 0.3) is 5.91 Å². The fourth-order valence-electron chi connectivity index (χ4n) is 2.45. The topological polar surface area (TPSA) is 74.8 Å². The Morgan fingerprint density at radius 3 is 2.90 bits per heavy atom. The quantitative estimate of drug-likeness (QED) is 0.913. The molecule has 0 radical (unpaired) electrons. The molecule has 3 rings (SSSR count). The van der Waals surface area contributed by atoms with Crippen LogP contribution in [0.2, 0.25) is 0 Å². The summed E-state index contributed by atoms with van der Waals surface area (Å²) < 4.78 is 0. The average Bonchev–Trinajstić information content (AvgIpc) is 2.92. The summed E-state index contributed by atoms with van der Waals surface area (Å²) in [6.45, 7) is 1.94.